The minimum atomic E-state index is 0.505. The summed E-state index contributed by atoms with van der Waals surface area (Å²) in [6.07, 6.45) is 4.72. The van der Waals surface area contributed by atoms with Crippen molar-refractivity contribution < 1.29 is 9.47 Å². The maximum Gasteiger partial charge on any atom is 0.191 e. The van der Waals surface area contributed by atoms with Gasteiger partial charge in [-0.1, -0.05) is 23.2 Å². The van der Waals surface area contributed by atoms with Crippen LogP contribution in [0.1, 0.15) is 19.3 Å². The van der Waals surface area contributed by atoms with E-state index in [1.165, 1.54) is 0 Å². The highest BCUT2D eigenvalue weighted by molar-refractivity contribution is 6.35. The van der Waals surface area contributed by atoms with Gasteiger partial charge >= 0.3 is 0 Å². The van der Waals surface area contributed by atoms with Crippen LogP contribution in [0.5, 0.6) is 0 Å². The molecule has 152 valence electrons. The monoisotopic (exact) mass is 417 g/mol. The van der Waals surface area contributed by atoms with Crippen LogP contribution in [-0.2, 0) is 9.47 Å². The summed E-state index contributed by atoms with van der Waals surface area (Å²) in [5.74, 6) is 2.03. The van der Waals surface area contributed by atoms with E-state index in [1.807, 2.05) is 0 Å². The Morgan fingerprint density at radius 2 is 2.04 bits per heavy atom. The highest BCUT2D eigenvalue weighted by atomic mass is 35.5. The number of pyridine rings is 1. The van der Waals surface area contributed by atoms with E-state index in [0.717, 1.165) is 58.2 Å². The van der Waals surface area contributed by atoms with E-state index in [1.54, 1.807) is 19.3 Å². The van der Waals surface area contributed by atoms with Crippen molar-refractivity contribution in [3.05, 3.63) is 22.3 Å². The molecule has 0 aliphatic carbocycles. The zero-order valence-corrected chi connectivity index (χ0v) is 17.3. The Morgan fingerprint density at radius 1 is 1.26 bits per heavy atom. The summed E-state index contributed by atoms with van der Waals surface area (Å²) in [5, 5.41) is 10.7. The lowest BCUT2D eigenvalue weighted by Gasteiger charge is -2.21. The molecule has 27 heavy (non-hydrogen) atoms. The van der Waals surface area contributed by atoms with Crippen molar-refractivity contribution in [2.75, 3.05) is 58.4 Å². The Labute approximate surface area is 171 Å². The molecule has 0 aromatic carbocycles. The highest BCUT2D eigenvalue weighted by Gasteiger charge is 2.13. The third-order valence-corrected chi connectivity index (χ3v) is 4.69. The molecule has 0 unspecified atom stereocenters. The molecular formula is C18H29Cl2N5O2. The van der Waals surface area contributed by atoms with Crippen molar-refractivity contribution in [3.8, 4) is 0 Å². The fourth-order valence-corrected chi connectivity index (χ4v) is 3.12. The van der Waals surface area contributed by atoms with Crippen molar-refractivity contribution in [2.24, 2.45) is 10.9 Å². The quantitative estimate of drug-likeness (QED) is 0.308. The predicted molar refractivity (Wildman–Crippen MR) is 111 cm³/mol. The Kier molecular flexibility index (Phi) is 10.6. The van der Waals surface area contributed by atoms with Gasteiger partial charge in [-0.3, -0.25) is 4.99 Å². The lowest BCUT2D eigenvalue weighted by molar-refractivity contribution is 0.0203. The molecule has 2 heterocycles. The molecule has 1 fully saturated rings. The van der Waals surface area contributed by atoms with Crippen LogP contribution in [0.15, 0.2) is 17.3 Å². The number of rotatable bonds is 10. The van der Waals surface area contributed by atoms with Crippen LogP contribution < -0.4 is 16.0 Å². The van der Waals surface area contributed by atoms with E-state index in [4.69, 9.17) is 32.7 Å². The van der Waals surface area contributed by atoms with Gasteiger partial charge in [0, 0.05) is 59.3 Å². The summed E-state index contributed by atoms with van der Waals surface area (Å²) in [4.78, 5) is 8.36. The molecule has 1 saturated heterocycles. The highest BCUT2D eigenvalue weighted by Crippen LogP contribution is 2.22. The summed E-state index contributed by atoms with van der Waals surface area (Å²) < 4.78 is 11.1. The number of aromatic nitrogens is 1. The van der Waals surface area contributed by atoms with Gasteiger partial charge in [-0.05, 0) is 31.2 Å². The maximum absolute atomic E-state index is 6.07. The Bertz CT molecular complexity index is 583. The lowest BCUT2D eigenvalue weighted by atomic mass is 10.0. The number of hydrogen-bond donors (Lipinski definition) is 3. The molecule has 0 saturated carbocycles. The smallest absolute Gasteiger partial charge is 0.191 e. The van der Waals surface area contributed by atoms with E-state index < -0.39 is 0 Å². The Hall–Kier alpha value is -1.28. The molecule has 7 nitrogen and oxygen atoms in total. The standard InChI is InChI=1S/C18H29Cl2N5O2/c1-21-18(23-5-2-8-27-13-14-3-9-26-10-4-14)24-7-6-22-17-16(20)11-15(19)12-25-17/h11-12,14H,2-10,13H2,1H3,(H,22,25)(H2,21,23,24). The second kappa shape index (κ2) is 13.0. The van der Waals surface area contributed by atoms with Crippen molar-refractivity contribution in [2.45, 2.75) is 19.3 Å². The minimum absolute atomic E-state index is 0.505. The van der Waals surface area contributed by atoms with Crippen molar-refractivity contribution in [1.29, 1.82) is 0 Å². The van der Waals surface area contributed by atoms with Gasteiger partial charge in [0.15, 0.2) is 5.96 Å². The van der Waals surface area contributed by atoms with E-state index in [2.05, 4.69) is 25.9 Å². The third-order valence-electron chi connectivity index (χ3n) is 4.19. The van der Waals surface area contributed by atoms with Crippen molar-refractivity contribution in [3.63, 3.8) is 0 Å². The molecule has 2 rings (SSSR count). The van der Waals surface area contributed by atoms with Gasteiger partial charge in [-0.15, -0.1) is 0 Å². The topological polar surface area (TPSA) is 79.8 Å². The maximum atomic E-state index is 6.07. The number of halogens is 2. The average molecular weight is 418 g/mol. The summed E-state index contributed by atoms with van der Waals surface area (Å²) in [5.41, 5.74) is 0. The summed E-state index contributed by atoms with van der Waals surface area (Å²) >= 11 is 11.9. The SMILES string of the molecule is CN=C(NCCCOCC1CCOCC1)NCCNc1ncc(Cl)cc1Cl. The molecule has 1 aliphatic heterocycles. The van der Waals surface area contributed by atoms with Gasteiger partial charge < -0.3 is 25.4 Å². The number of nitrogens with one attached hydrogen (secondary N) is 3. The molecule has 9 heteroatoms. The van der Waals surface area contributed by atoms with E-state index in [-0.39, 0.29) is 0 Å². The second-order valence-electron chi connectivity index (χ2n) is 6.32. The predicted octanol–water partition coefficient (Wildman–Crippen LogP) is 2.80. The zero-order valence-electron chi connectivity index (χ0n) is 15.8. The van der Waals surface area contributed by atoms with Gasteiger partial charge in [-0.2, -0.15) is 0 Å². The van der Waals surface area contributed by atoms with Crippen molar-refractivity contribution in [1.82, 2.24) is 15.6 Å². The molecule has 1 aliphatic rings. The van der Waals surface area contributed by atoms with Crippen molar-refractivity contribution >= 4 is 35.0 Å². The molecule has 3 N–H and O–H groups in total. The molecule has 0 radical (unpaired) electrons. The Balaban J connectivity index is 1.50. The molecular weight excluding hydrogens is 389 g/mol. The number of aliphatic imine (C=N–C) groups is 1. The number of nitrogens with zero attached hydrogens (tertiary/aromatic N) is 2. The third kappa shape index (κ3) is 8.97. The van der Waals surface area contributed by atoms with Crippen LogP contribution in [0.25, 0.3) is 0 Å². The van der Waals surface area contributed by atoms with Crippen LogP contribution in [0.4, 0.5) is 5.82 Å². The van der Waals surface area contributed by atoms with E-state index in [0.29, 0.717) is 34.9 Å². The molecule has 0 amide bonds. The summed E-state index contributed by atoms with van der Waals surface area (Å²) in [6.45, 7) is 5.47. The van der Waals surface area contributed by atoms with Crippen LogP contribution >= 0.6 is 23.2 Å². The van der Waals surface area contributed by atoms with Crippen LogP contribution in [0.2, 0.25) is 10.0 Å². The van der Waals surface area contributed by atoms with Gasteiger partial charge in [0.2, 0.25) is 0 Å². The molecule has 0 spiro atoms. The fraction of sp³-hybridized carbons (Fsp3) is 0.667. The van der Waals surface area contributed by atoms with Crippen LogP contribution in [0, 0.1) is 5.92 Å². The Morgan fingerprint density at radius 3 is 2.78 bits per heavy atom. The summed E-state index contributed by atoms with van der Waals surface area (Å²) in [7, 11) is 1.75. The first kappa shape index (κ1) is 22.0. The first-order chi connectivity index (χ1) is 13.2. The second-order valence-corrected chi connectivity index (χ2v) is 7.16. The lowest BCUT2D eigenvalue weighted by Crippen LogP contribution is -2.40. The molecule has 1 aromatic heterocycles. The largest absolute Gasteiger partial charge is 0.381 e. The zero-order chi connectivity index (χ0) is 19.3. The van der Waals surface area contributed by atoms with E-state index in [9.17, 15) is 0 Å². The van der Waals surface area contributed by atoms with E-state index >= 15 is 0 Å². The normalized spacial score (nSPS) is 15.6. The molecule has 1 aromatic rings. The van der Waals surface area contributed by atoms with Crippen LogP contribution in [0.3, 0.4) is 0 Å². The fourth-order valence-electron chi connectivity index (χ4n) is 2.67. The average Bonchev–Trinajstić information content (AvgIpc) is 2.68. The molecule has 0 bridgehead atoms. The number of hydrogen-bond acceptors (Lipinski definition) is 5. The number of guanidine groups is 1. The number of ether oxygens (including phenoxy) is 2. The van der Waals surface area contributed by atoms with Crippen LogP contribution in [-0.4, -0.2) is 64.1 Å². The molecule has 0 atom stereocenters. The number of anilines is 1. The van der Waals surface area contributed by atoms with Gasteiger partial charge in [0.25, 0.3) is 0 Å². The van der Waals surface area contributed by atoms with Gasteiger partial charge in [-0.25, -0.2) is 4.98 Å². The first-order valence-electron chi connectivity index (χ1n) is 9.34. The first-order valence-corrected chi connectivity index (χ1v) is 10.1. The van der Waals surface area contributed by atoms with Gasteiger partial charge in [0.05, 0.1) is 10.0 Å². The summed E-state index contributed by atoms with van der Waals surface area (Å²) in [6, 6.07) is 1.66. The van der Waals surface area contributed by atoms with Gasteiger partial charge in [0.1, 0.15) is 5.82 Å². The minimum Gasteiger partial charge on any atom is -0.381 e.